The number of hydrogen-bond acceptors (Lipinski definition) is 2. The topological polar surface area (TPSA) is 20.2 Å². The first-order chi connectivity index (χ1) is 5.33. The molecule has 1 atom stereocenters. The molecule has 1 aromatic heterocycles. The van der Waals surface area contributed by atoms with Crippen molar-refractivity contribution < 1.29 is 5.11 Å². The van der Waals surface area contributed by atoms with Crippen molar-refractivity contribution in [2.45, 2.75) is 6.10 Å². The van der Waals surface area contributed by atoms with Crippen molar-refractivity contribution in [3.8, 4) is 12.3 Å². The largest absolute Gasteiger partial charge is 0.377 e. The molecule has 2 heteroatoms. The lowest BCUT2D eigenvalue weighted by molar-refractivity contribution is 0.282. The van der Waals surface area contributed by atoms with Gasteiger partial charge in [0.05, 0.1) is 0 Å². The Morgan fingerprint density at radius 2 is 2.55 bits per heavy atom. The van der Waals surface area contributed by atoms with Gasteiger partial charge in [-0.3, -0.25) is 0 Å². The fourth-order valence-electron chi connectivity index (χ4n) is 0.628. The van der Waals surface area contributed by atoms with E-state index in [1.54, 1.807) is 17.4 Å². The Morgan fingerprint density at radius 1 is 1.73 bits per heavy atom. The first-order valence-corrected chi connectivity index (χ1v) is 4.07. The fourth-order valence-corrected chi connectivity index (χ4v) is 1.26. The smallest absolute Gasteiger partial charge is 0.133 e. The van der Waals surface area contributed by atoms with Crippen molar-refractivity contribution in [2.24, 2.45) is 0 Å². The second-order valence-corrected chi connectivity index (χ2v) is 2.97. The summed E-state index contributed by atoms with van der Waals surface area (Å²) < 4.78 is 0. The van der Waals surface area contributed by atoms with Crippen LogP contribution in [0.15, 0.2) is 23.6 Å². The molecule has 0 saturated carbocycles. The molecule has 1 N–H and O–H groups in total. The maximum absolute atomic E-state index is 8.94. The van der Waals surface area contributed by atoms with Gasteiger partial charge < -0.3 is 5.11 Å². The molecule has 0 aliphatic rings. The lowest BCUT2D eigenvalue weighted by Gasteiger charge is -1.90. The van der Waals surface area contributed by atoms with Crippen molar-refractivity contribution in [3.05, 3.63) is 28.5 Å². The zero-order valence-electron chi connectivity index (χ0n) is 5.90. The maximum Gasteiger partial charge on any atom is 0.133 e. The van der Waals surface area contributed by atoms with Gasteiger partial charge in [0.25, 0.3) is 0 Å². The molecule has 56 valence electrons. The van der Waals surface area contributed by atoms with Gasteiger partial charge >= 0.3 is 0 Å². The van der Waals surface area contributed by atoms with E-state index in [0.717, 1.165) is 4.88 Å². The van der Waals surface area contributed by atoms with Gasteiger partial charge in [-0.25, -0.2) is 0 Å². The summed E-state index contributed by atoms with van der Waals surface area (Å²) in [5.74, 6) is 2.20. The molecule has 1 nitrogen and oxygen atoms in total. The minimum Gasteiger partial charge on any atom is -0.377 e. The Balaban J connectivity index is 2.57. The average molecular weight is 164 g/mol. The van der Waals surface area contributed by atoms with Crippen molar-refractivity contribution in [2.75, 3.05) is 0 Å². The fraction of sp³-hybridized carbons (Fsp3) is 0.111. The molecular formula is C9H8OS. The summed E-state index contributed by atoms with van der Waals surface area (Å²) in [5, 5.41) is 10.9. The van der Waals surface area contributed by atoms with Crippen molar-refractivity contribution in [1.82, 2.24) is 0 Å². The molecule has 11 heavy (non-hydrogen) atoms. The maximum atomic E-state index is 8.94. The van der Waals surface area contributed by atoms with Crippen LogP contribution < -0.4 is 0 Å². The summed E-state index contributed by atoms with van der Waals surface area (Å²) in [4.78, 5) is 1.10. The molecule has 0 amide bonds. The van der Waals surface area contributed by atoms with Crippen molar-refractivity contribution >= 4 is 17.4 Å². The minimum absolute atomic E-state index is 0.767. The number of thiophene rings is 1. The zero-order chi connectivity index (χ0) is 8.10. The van der Waals surface area contributed by atoms with E-state index in [0.29, 0.717) is 0 Å². The van der Waals surface area contributed by atoms with E-state index < -0.39 is 6.10 Å². The molecule has 0 radical (unpaired) electrons. The summed E-state index contributed by atoms with van der Waals surface area (Å²) in [7, 11) is 0. The first-order valence-electron chi connectivity index (χ1n) is 3.19. The van der Waals surface area contributed by atoms with Crippen molar-refractivity contribution in [3.63, 3.8) is 0 Å². The highest BCUT2D eigenvalue weighted by Gasteiger charge is 1.90. The Hall–Kier alpha value is -1.04. The first kappa shape index (κ1) is 8.06. The minimum atomic E-state index is -0.767. The summed E-state index contributed by atoms with van der Waals surface area (Å²) in [6.07, 6.45) is 7.60. The van der Waals surface area contributed by atoms with Crippen LogP contribution in [-0.2, 0) is 0 Å². The van der Waals surface area contributed by atoms with Gasteiger partial charge in [0, 0.05) is 4.88 Å². The van der Waals surface area contributed by atoms with Crippen LogP contribution in [0.1, 0.15) is 4.88 Å². The number of rotatable bonds is 2. The van der Waals surface area contributed by atoms with Crippen LogP contribution in [0.4, 0.5) is 0 Å². The molecular weight excluding hydrogens is 156 g/mol. The lowest BCUT2D eigenvalue weighted by Crippen LogP contribution is -1.94. The molecule has 0 saturated heterocycles. The standard InChI is InChI=1S/C9H8OS/c1-2-8(10)5-6-9-4-3-7-11-9/h1,3-8,10H. The van der Waals surface area contributed by atoms with Crippen LogP contribution in [0.3, 0.4) is 0 Å². The molecule has 1 rings (SSSR count). The molecule has 0 fully saturated rings. The summed E-state index contributed by atoms with van der Waals surface area (Å²) in [5.41, 5.74) is 0. The summed E-state index contributed by atoms with van der Waals surface area (Å²) >= 11 is 1.61. The third-order valence-corrected chi connectivity index (χ3v) is 1.99. The molecule has 0 aromatic carbocycles. The summed E-state index contributed by atoms with van der Waals surface area (Å²) in [6.45, 7) is 0. The van der Waals surface area contributed by atoms with E-state index in [1.807, 2.05) is 23.6 Å². The van der Waals surface area contributed by atoms with Crippen LogP contribution in [-0.4, -0.2) is 11.2 Å². The average Bonchev–Trinajstić information content (AvgIpc) is 2.52. The predicted molar refractivity (Wildman–Crippen MR) is 48.2 cm³/mol. The van der Waals surface area contributed by atoms with E-state index in [2.05, 4.69) is 5.92 Å². The Labute approximate surface area is 70.0 Å². The normalized spacial score (nSPS) is 13.1. The van der Waals surface area contributed by atoms with Gasteiger partial charge in [-0.15, -0.1) is 17.8 Å². The van der Waals surface area contributed by atoms with Gasteiger partial charge in [-0.05, 0) is 23.6 Å². The Morgan fingerprint density at radius 3 is 3.09 bits per heavy atom. The highest BCUT2D eigenvalue weighted by Crippen LogP contribution is 2.10. The molecule has 0 spiro atoms. The number of aliphatic hydroxyl groups is 1. The third-order valence-electron chi connectivity index (χ3n) is 1.16. The van der Waals surface area contributed by atoms with E-state index >= 15 is 0 Å². The van der Waals surface area contributed by atoms with Crippen LogP contribution >= 0.6 is 11.3 Å². The monoisotopic (exact) mass is 164 g/mol. The Bertz CT molecular complexity index is 266. The van der Waals surface area contributed by atoms with Crippen LogP contribution in [0.25, 0.3) is 6.08 Å². The number of terminal acetylenes is 1. The second-order valence-electron chi connectivity index (χ2n) is 1.99. The zero-order valence-corrected chi connectivity index (χ0v) is 6.71. The van der Waals surface area contributed by atoms with Gasteiger partial charge in [0.2, 0.25) is 0 Å². The van der Waals surface area contributed by atoms with E-state index in [1.165, 1.54) is 0 Å². The van der Waals surface area contributed by atoms with E-state index in [4.69, 9.17) is 11.5 Å². The van der Waals surface area contributed by atoms with Crippen LogP contribution in [0.2, 0.25) is 0 Å². The quantitative estimate of drug-likeness (QED) is 0.660. The number of hydrogen-bond donors (Lipinski definition) is 1. The molecule has 1 aromatic rings. The van der Waals surface area contributed by atoms with Crippen LogP contribution in [0, 0.1) is 12.3 Å². The lowest BCUT2D eigenvalue weighted by atomic mass is 10.3. The van der Waals surface area contributed by atoms with Gasteiger partial charge in [-0.2, -0.15) is 0 Å². The molecule has 0 aliphatic carbocycles. The number of aliphatic hydroxyl groups excluding tert-OH is 1. The Kier molecular flexibility index (Phi) is 2.91. The van der Waals surface area contributed by atoms with Crippen molar-refractivity contribution in [1.29, 1.82) is 0 Å². The van der Waals surface area contributed by atoms with Gasteiger partial charge in [0.15, 0.2) is 0 Å². The SMILES string of the molecule is C#CC(O)C=Cc1cccs1. The van der Waals surface area contributed by atoms with E-state index in [9.17, 15) is 0 Å². The molecule has 1 heterocycles. The second kappa shape index (κ2) is 3.97. The van der Waals surface area contributed by atoms with Gasteiger partial charge in [0.1, 0.15) is 6.10 Å². The highest BCUT2D eigenvalue weighted by molar-refractivity contribution is 7.10. The van der Waals surface area contributed by atoms with Crippen LogP contribution in [0.5, 0.6) is 0 Å². The predicted octanol–water partition coefficient (Wildman–Crippen LogP) is 1.76. The van der Waals surface area contributed by atoms with Gasteiger partial charge in [-0.1, -0.05) is 12.0 Å². The highest BCUT2D eigenvalue weighted by atomic mass is 32.1. The molecule has 0 bridgehead atoms. The molecule has 0 aliphatic heterocycles. The third kappa shape index (κ3) is 2.58. The molecule has 1 unspecified atom stereocenters. The summed E-state index contributed by atoms with van der Waals surface area (Å²) in [6, 6.07) is 3.91. The van der Waals surface area contributed by atoms with E-state index in [-0.39, 0.29) is 0 Å².